The number of benzene rings is 1. The lowest BCUT2D eigenvalue weighted by Gasteiger charge is -2.18. The van der Waals surface area contributed by atoms with E-state index in [1.807, 2.05) is 0 Å². The summed E-state index contributed by atoms with van der Waals surface area (Å²) in [4.78, 5) is 26.8. The van der Waals surface area contributed by atoms with E-state index in [2.05, 4.69) is 4.98 Å². The zero-order valence-electron chi connectivity index (χ0n) is 14.2. The molecule has 0 saturated carbocycles. The lowest BCUT2D eigenvalue weighted by Crippen LogP contribution is -2.34. The number of esters is 1. The minimum Gasteiger partial charge on any atom is -0.492 e. The summed E-state index contributed by atoms with van der Waals surface area (Å²) < 4.78 is 11.1. The summed E-state index contributed by atoms with van der Waals surface area (Å²) >= 11 is 0. The maximum atomic E-state index is 12.0. The number of rotatable bonds is 5. The third-order valence-corrected chi connectivity index (χ3v) is 4.16. The van der Waals surface area contributed by atoms with E-state index < -0.39 is 60.5 Å². The number of carboxylic acid groups (broad SMARTS) is 1. The highest BCUT2D eigenvalue weighted by Gasteiger charge is 2.47. The molecule has 0 aliphatic carbocycles. The number of imidazole rings is 1. The van der Waals surface area contributed by atoms with Gasteiger partial charge in [-0.1, -0.05) is 18.2 Å². The Labute approximate surface area is 157 Å². The van der Waals surface area contributed by atoms with E-state index in [4.69, 9.17) is 14.7 Å². The molecule has 1 fully saturated rings. The fourth-order valence-electron chi connectivity index (χ4n) is 2.79. The van der Waals surface area contributed by atoms with Gasteiger partial charge >= 0.3 is 11.9 Å². The van der Waals surface area contributed by atoms with Crippen molar-refractivity contribution in [1.29, 1.82) is 5.26 Å². The van der Waals surface area contributed by atoms with Crippen molar-refractivity contribution in [2.75, 3.05) is 6.61 Å². The molecule has 1 saturated heterocycles. The molecule has 11 heteroatoms. The fraction of sp³-hybridized carbons (Fsp3) is 0.294. The zero-order valence-corrected chi connectivity index (χ0v) is 14.2. The van der Waals surface area contributed by atoms with E-state index in [9.17, 15) is 30.0 Å². The molecule has 1 aliphatic rings. The van der Waals surface area contributed by atoms with Gasteiger partial charge in [-0.25, -0.2) is 14.6 Å². The molecular weight excluding hydrogens is 374 g/mol. The number of aromatic hydroxyl groups is 1. The van der Waals surface area contributed by atoms with Crippen molar-refractivity contribution in [3.8, 4) is 11.9 Å². The highest BCUT2D eigenvalue weighted by Crippen LogP contribution is 2.35. The molecule has 4 N–H and O–H groups in total. The predicted octanol–water partition coefficient (Wildman–Crippen LogP) is -0.365. The average Bonchev–Trinajstić information content (AvgIpc) is 3.17. The smallest absolute Gasteiger partial charge is 0.372 e. The molecule has 0 amide bonds. The molecule has 0 unspecified atom stereocenters. The Bertz CT molecular complexity index is 936. The van der Waals surface area contributed by atoms with Crippen LogP contribution in [0.15, 0.2) is 30.3 Å². The van der Waals surface area contributed by atoms with Crippen molar-refractivity contribution in [1.82, 2.24) is 9.55 Å². The quantitative estimate of drug-likeness (QED) is 0.494. The number of hydrogen-bond donors (Lipinski definition) is 4. The molecule has 1 aromatic carbocycles. The van der Waals surface area contributed by atoms with Gasteiger partial charge in [0, 0.05) is 0 Å². The van der Waals surface area contributed by atoms with Crippen molar-refractivity contribution in [2.45, 2.75) is 24.5 Å². The van der Waals surface area contributed by atoms with Gasteiger partial charge in [0.2, 0.25) is 17.4 Å². The number of carbonyl (C=O) groups is 2. The molecule has 11 nitrogen and oxygen atoms in total. The van der Waals surface area contributed by atoms with Crippen molar-refractivity contribution in [3.05, 3.63) is 47.4 Å². The molecular formula is C17H15N3O8. The van der Waals surface area contributed by atoms with Crippen LogP contribution in [0.3, 0.4) is 0 Å². The molecule has 0 spiro atoms. The summed E-state index contributed by atoms with van der Waals surface area (Å²) in [7, 11) is 0. The lowest BCUT2D eigenvalue weighted by atomic mass is 10.1. The van der Waals surface area contributed by atoms with Gasteiger partial charge in [0.05, 0.1) is 5.56 Å². The van der Waals surface area contributed by atoms with Crippen LogP contribution >= 0.6 is 0 Å². The van der Waals surface area contributed by atoms with Crippen LogP contribution in [0.25, 0.3) is 0 Å². The highest BCUT2D eigenvalue weighted by atomic mass is 16.6. The normalized spacial score (nSPS) is 23.9. The van der Waals surface area contributed by atoms with Crippen molar-refractivity contribution in [3.63, 3.8) is 0 Å². The number of carbonyl (C=O) groups excluding carboxylic acids is 1. The number of aromatic carboxylic acids is 1. The van der Waals surface area contributed by atoms with Crippen LogP contribution < -0.4 is 0 Å². The maximum absolute atomic E-state index is 12.0. The number of nitrogens with zero attached hydrogens (tertiary/aromatic N) is 3. The Kier molecular flexibility index (Phi) is 5.27. The Morgan fingerprint density at radius 2 is 1.93 bits per heavy atom. The molecule has 0 bridgehead atoms. The van der Waals surface area contributed by atoms with Crippen molar-refractivity contribution in [2.24, 2.45) is 0 Å². The molecule has 2 aromatic rings. The van der Waals surface area contributed by atoms with Crippen molar-refractivity contribution < 1.29 is 39.5 Å². The third-order valence-electron chi connectivity index (χ3n) is 4.16. The zero-order chi connectivity index (χ0) is 20.4. The average molecular weight is 389 g/mol. The monoisotopic (exact) mass is 389 g/mol. The van der Waals surface area contributed by atoms with Gasteiger partial charge in [0.1, 0.15) is 31.0 Å². The summed E-state index contributed by atoms with van der Waals surface area (Å²) in [5.41, 5.74) is -0.312. The van der Waals surface area contributed by atoms with Crippen LogP contribution in [0.2, 0.25) is 0 Å². The molecule has 0 radical (unpaired) electrons. The van der Waals surface area contributed by atoms with Gasteiger partial charge in [-0.3, -0.25) is 4.57 Å². The topological polar surface area (TPSA) is 175 Å². The Morgan fingerprint density at radius 1 is 1.25 bits per heavy atom. The van der Waals surface area contributed by atoms with Crippen molar-refractivity contribution >= 4 is 11.9 Å². The molecule has 1 aliphatic heterocycles. The second kappa shape index (κ2) is 7.65. The summed E-state index contributed by atoms with van der Waals surface area (Å²) in [5, 5.41) is 48.5. The Morgan fingerprint density at radius 3 is 2.54 bits per heavy atom. The molecule has 4 atom stereocenters. The SMILES string of the molecule is N#Cc1nc(C(=O)O)n([C@@H]2O[C@H](COC(=O)c3ccccc3)[C@@H](O)[C@H]2O)c1O. The van der Waals surface area contributed by atoms with Crippen LogP contribution in [0.1, 0.15) is 32.9 Å². The van der Waals surface area contributed by atoms with Gasteiger partial charge in [0.15, 0.2) is 6.23 Å². The van der Waals surface area contributed by atoms with Crippen LogP contribution in [-0.4, -0.2) is 66.8 Å². The summed E-state index contributed by atoms with van der Waals surface area (Å²) in [5.74, 6) is -3.86. The maximum Gasteiger partial charge on any atom is 0.372 e. The summed E-state index contributed by atoms with van der Waals surface area (Å²) in [6, 6.07) is 9.56. The van der Waals surface area contributed by atoms with Crippen LogP contribution in [-0.2, 0) is 9.47 Å². The number of aliphatic hydroxyl groups excluding tert-OH is 2. The van der Waals surface area contributed by atoms with Crippen LogP contribution in [0, 0.1) is 11.3 Å². The summed E-state index contributed by atoms with van der Waals surface area (Å²) in [6.45, 7) is -0.439. The second-order valence-electron chi connectivity index (χ2n) is 5.91. The van der Waals surface area contributed by atoms with E-state index >= 15 is 0 Å². The van der Waals surface area contributed by atoms with Gasteiger partial charge in [-0.15, -0.1) is 0 Å². The first-order valence-corrected chi connectivity index (χ1v) is 8.03. The number of nitriles is 1. The number of hydrogen-bond acceptors (Lipinski definition) is 9. The highest BCUT2D eigenvalue weighted by molar-refractivity contribution is 5.89. The standard InChI is InChI=1S/C17H15N3O8/c18-6-9-14(23)20(13(19-9)16(24)25)15-12(22)11(21)10(28-15)7-27-17(26)8-4-2-1-3-5-8/h1-5,10-12,15,21-23H,7H2,(H,24,25)/t10-,11-,12-,15-/m1/s1. The van der Waals surface area contributed by atoms with Gasteiger partial charge in [0.25, 0.3) is 0 Å². The lowest BCUT2D eigenvalue weighted by molar-refractivity contribution is -0.0611. The predicted molar refractivity (Wildman–Crippen MR) is 88.2 cm³/mol. The number of aliphatic hydroxyl groups is 2. The first kappa shape index (κ1) is 19.3. The Hall–Kier alpha value is -3.46. The van der Waals surface area contributed by atoms with E-state index in [-0.39, 0.29) is 5.56 Å². The molecule has 1 aromatic heterocycles. The van der Waals surface area contributed by atoms with Gasteiger partial charge in [-0.2, -0.15) is 5.26 Å². The first-order valence-electron chi connectivity index (χ1n) is 8.03. The van der Waals surface area contributed by atoms with E-state index in [0.29, 0.717) is 4.57 Å². The summed E-state index contributed by atoms with van der Waals surface area (Å²) in [6.07, 6.45) is -5.99. The number of aromatic nitrogens is 2. The number of carboxylic acids is 1. The van der Waals surface area contributed by atoms with E-state index in [1.54, 1.807) is 18.2 Å². The van der Waals surface area contributed by atoms with Gasteiger partial charge < -0.3 is 29.9 Å². The molecule has 146 valence electrons. The second-order valence-corrected chi connectivity index (χ2v) is 5.91. The largest absolute Gasteiger partial charge is 0.492 e. The molecule has 28 heavy (non-hydrogen) atoms. The fourth-order valence-corrected chi connectivity index (χ4v) is 2.79. The Balaban J connectivity index is 1.78. The molecule has 2 heterocycles. The molecule has 3 rings (SSSR count). The van der Waals surface area contributed by atoms with Crippen LogP contribution in [0.4, 0.5) is 0 Å². The van der Waals surface area contributed by atoms with E-state index in [0.717, 1.165) is 0 Å². The first-order chi connectivity index (χ1) is 13.3. The van der Waals surface area contributed by atoms with Crippen LogP contribution in [0.5, 0.6) is 5.88 Å². The minimum absolute atomic E-state index is 0.270. The van der Waals surface area contributed by atoms with E-state index in [1.165, 1.54) is 18.2 Å². The number of ether oxygens (including phenoxy) is 2. The third kappa shape index (κ3) is 3.39. The van der Waals surface area contributed by atoms with Gasteiger partial charge in [-0.05, 0) is 12.1 Å². The minimum atomic E-state index is -1.68.